The van der Waals surface area contributed by atoms with Crippen LogP contribution in [0.1, 0.15) is 25.7 Å². The van der Waals surface area contributed by atoms with Crippen LogP contribution in [0.3, 0.4) is 0 Å². The Bertz CT molecular complexity index is 228. The Morgan fingerprint density at radius 2 is 2.07 bits per heavy atom. The van der Waals surface area contributed by atoms with Gasteiger partial charge in [0, 0.05) is 31.7 Å². The average Bonchev–Trinajstić information content (AvgIpc) is 2.83. The van der Waals surface area contributed by atoms with Crippen molar-refractivity contribution in [3.8, 4) is 0 Å². The van der Waals surface area contributed by atoms with Crippen LogP contribution >= 0.6 is 0 Å². The van der Waals surface area contributed by atoms with E-state index in [1.165, 1.54) is 25.8 Å². The summed E-state index contributed by atoms with van der Waals surface area (Å²) >= 11 is 0. The van der Waals surface area contributed by atoms with E-state index < -0.39 is 0 Å². The molecular formula is C12H21NO2. The lowest BCUT2D eigenvalue weighted by atomic mass is 10.00. The Morgan fingerprint density at radius 3 is 2.80 bits per heavy atom. The van der Waals surface area contributed by atoms with E-state index in [-0.39, 0.29) is 6.10 Å². The van der Waals surface area contributed by atoms with Gasteiger partial charge in [0.2, 0.25) is 0 Å². The Morgan fingerprint density at radius 1 is 1.13 bits per heavy atom. The Balaban J connectivity index is 1.61. The van der Waals surface area contributed by atoms with Gasteiger partial charge in [-0.15, -0.1) is 0 Å². The minimum atomic E-state index is -0.0236. The fourth-order valence-electron chi connectivity index (χ4n) is 3.58. The van der Waals surface area contributed by atoms with Crippen molar-refractivity contribution in [3.05, 3.63) is 0 Å². The average molecular weight is 211 g/mol. The maximum absolute atomic E-state index is 9.86. The molecule has 0 aromatic heterocycles. The summed E-state index contributed by atoms with van der Waals surface area (Å²) in [7, 11) is 0. The molecule has 4 unspecified atom stereocenters. The van der Waals surface area contributed by atoms with Gasteiger partial charge in [-0.1, -0.05) is 0 Å². The number of hydrogen-bond donors (Lipinski definition) is 1. The molecular weight excluding hydrogens is 190 g/mol. The van der Waals surface area contributed by atoms with E-state index in [4.69, 9.17) is 4.74 Å². The summed E-state index contributed by atoms with van der Waals surface area (Å²) in [5.74, 6) is 1.33. The van der Waals surface area contributed by atoms with Crippen LogP contribution in [-0.4, -0.2) is 48.5 Å². The second kappa shape index (κ2) is 4.04. The minimum Gasteiger partial charge on any atom is -0.393 e. The van der Waals surface area contributed by atoms with Crippen molar-refractivity contribution in [2.45, 2.75) is 37.8 Å². The highest BCUT2D eigenvalue weighted by Crippen LogP contribution is 2.39. The van der Waals surface area contributed by atoms with Gasteiger partial charge >= 0.3 is 0 Å². The van der Waals surface area contributed by atoms with Crippen LogP contribution in [0.15, 0.2) is 0 Å². The van der Waals surface area contributed by atoms with E-state index in [1.54, 1.807) is 0 Å². The zero-order valence-electron chi connectivity index (χ0n) is 9.27. The van der Waals surface area contributed by atoms with Crippen molar-refractivity contribution >= 4 is 0 Å². The summed E-state index contributed by atoms with van der Waals surface area (Å²) in [5, 5.41) is 9.86. The summed E-state index contributed by atoms with van der Waals surface area (Å²) < 4.78 is 5.54. The lowest BCUT2D eigenvalue weighted by Gasteiger charge is -2.31. The van der Waals surface area contributed by atoms with Gasteiger partial charge in [0.1, 0.15) is 0 Å². The predicted molar refractivity (Wildman–Crippen MR) is 57.6 cm³/mol. The normalized spacial score (nSPS) is 47.0. The van der Waals surface area contributed by atoms with E-state index in [0.29, 0.717) is 12.0 Å². The van der Waals surface area contributed by atoms with Gasteiger partial charge in [-0.3, -0.25) is 4.90 Å². The third-order valence-corrected chi connectivity index (χ3v) is 4.50. The van der Waals surface area contributed by atoms with Crippen molar-refractivity contribution in [2.24, 2.45) is 11.8 Å². The van der Waals surface area contributed by atoms with Crippen LogP contribution in [0.2, 0.25) is 0 Å². The zero-order valence-corrected chi connectivity index (χ0v) is 9.27. The Labute approximate surface area is 91.4 Å². The van der Waals surface area contributed by atoms with Gasteiger partial charge in [0.15, 0.2) is 0 Å². The van der Waals surface area contributed by atoms with E-state index >= 15 is 0 Å². The first-order valence-electron chi connectivity index (χ1n) is 6.34. The molecule has 0 aromatic carbocycles. The topological polar surface area (TPSA) is 32.7 Å². The van der Waals surface area contributed by atoms with Crippen molar-refractivity contribution in [1.82, 2.24) is 4.90 Å². The van der Waals surface area contributed by atoms with E-state index in [9.17, 15) is 5.11 Å². The first-order valence-corrected chi connectivity index (χ1v) is 6.34. The van der Waals surface area contributed by atoms with Crippen LogP contribution in [-0.2, 0) is 4.74 Å². The predicted octanol–water partition coefficient (Wildman–Crippen LogP) is 0.868. The number of fused-ring (bicyclic) bond motifs is 1. The highest BCUT2D eigenvalue weighted by atomic mass is 16.5. The summed E-state index contributed by atoms with van der Waals surface area (Å²) in [6, 6.07) is 0.636. The summed E-state index contributed by atoms with van der Waals surface area (Å²) in [4.78, 5) is 2.57. The number of aliphatic hydroxyl groups is 1. The van der Waals surface area contributed by atoms with Crippen LogP contribution in [0, 0.1) is 11.8 Å². The molecule has 15 heavy (non-hydrogen) atoms. The molecule has 0 aromatic rings. The van der Waals surface area contributed by atoms with Gasteiger partial charge in [-0.2, -0.15) is 0 Å². The third-order valence-electron chi connectivity index (χ3n) is 4.50. The maximum atomic E-state index is 9.86. The molecule has 3 nitrogen and oxygen atoms in total. The van der Waals surface area contributed by atoms with Gasteiger partial charge in [-0.05, 0) is 31.6 Å². The molecule has 0 spiro atoms. The molecule has 3 heteroatoms. The fraction of sp³-hybridized carbons (Fsp3) is 1.00. The van der Waals surface area contributed by atoms with Gasteiger partial charge < -0.3 is 9.84 Å². The lowest BCUT2D eigenvalue weighted by Crippen LogP contribution is -2.40. The van der Waals surface area contributed by atoms with Crippen molar-refractivity contribution in [2.75, 3.05) is 26.3 Å². The van der Waals surface area contributed by atoms with Crippen LogP contribution < -0.4 is 0 Å². The summed E-state index contributed by atoms with van der Waals surface area (Å²) in [6.07, 6.45) is 4.74. The second-order valence-electron chi connectivity index (χ2n) is 5.39. The molecule has 2 saturated heterocycles. The largest absolute Gasteiger partial charge is 0.393 e. The molecule has 1 N–H and O–H groups in total. The van der Waals surface area contributed by atoms with E-state index in [2.05, 4.69) is 4.90 Å². The molecule has 0 bridgehead atoms. The fourth-order valence-corrected chi connectivity index (χ4v) is 3.58. The first-order chi connectivity index (χ1) is 7.34. The molecule has 3 aliphatic rings. The number of nitrogens with zero attached hydrogens (tertiary/aromatic N) is 1. The van der Waals surface area contributed by atoms with Crippen molar-refractivity contribution in [1.29, 1.82) is 0 Å². The Kier molecular flexibility index (Phi) is 2.71. The molecule has 1 saturated carbocycles. The molecule has 0 radical (unpaired) electrons. The van der Waals surface area contributed by atoms with Crippen LogP contribution in [0.25, 0.3) is 0 Å². The molecule has 86 valence electrons. The standard InChI is InChI=1S/C12H21NO2/c14-12-4-3-9-6-13(7-11(9)12)10-2-1-5-15-8-10/h9-12,14H,1-8H2. The number of aliphatic hydroxyl groups excluding tert-OH is 1. The zero-order chi connectivity index (χ0) is 10.3. The van der Waals surface area contributed by atoms with Crippen LogP contribution in [0.4, 0.5) is 0 Å². The summed E-state index contributed by atoms with van der Waals surface area (Å²) in [6.45, 7) is 4.17. The number of hydrogen-bond acceptors (Lipinski definition) is 3. The van der Waals surface area contributed by atoms with E-state index in [1.807, 2.05) is 0 Å². The van der Waals surface area contributed by atoms with Gasteiger partial charge in [0.05, 0.1) is 12.7 Å². The third kappa shape index (κ3) is 1.81. The van der Waals surface area contributed by atoms with Crippen LogP contribution in [0.5, 0.6) is 0 Å². The number of ether oxygens (including phenoxy) is 1. The highest BCUT2D eigenvalue weighted by molar-refractivity contribution is 4.95. The molecule has 3 fully saturated rings. The molecule has 2 heterocycles. The highest BCUT2D eigenvalue weighted by Gasteiger charge is 2.43. The smallest absolute Gasteiger partial charge is 0.0621 e. The SMILES string of the molecule is OC1CCC2CN(C3CCCOC3)CC12. The quantitative estimate of drug-likeness (QED) is 0.698. The first kappa shape index (κ1) is 10.1. The molecule has 3 rings (SSSR count). The monoisotopic (exact) mass is 211 g/mol. The van der Waals surface area contributed by atoms with Gasteiger partial charge in [-0.25, -0.2) is 0 Å². The summed E-state index contributed by atoms with van der Waals surface area (Å²) in [5.41, 5.74) is 0. The molecule has 4 atom stereocenters. The number of rotatable bonds is 1. The van der Waals surface area contributed by atoms with E-state index in [0.717, 1.165) is 32.1 Å². The molecule has 1 aliphatic carbocycles. The van der Waals surface area contributed by atoms with Crippen molar-refractivity contribution in [3.63, 3.8) is 0 Å². The maximum Gasteiger partial charge on any atom is 0.0621 e. The Hall–Kier alpha value is -0.120. The van der Waals surface area contributed by atoms with Crippen molar-refractivity contribution < 1.29 is 9.84 Å². The minimum absolute atomic E-state index is 0.0236. The molecule has 2 aliphatic heterocycles. The molecule has 0 amide bonds. The van der Waals surface area contributed by atoms with Gasteiger partial charge in [0.25, 0.3) is 0 Å². The second-order valence-corrected chi connectivity index (χ2v) is 5.39. The lowest BCUT2D eigenvalue weighted by molar-refractivity contribution is 0.0204. The number of likely N-dealkylation sites (tertiary alicyclic amines) is 1.